The molecule has 0 radical (unpaired) electrons. The van der Waals surface area contributed by atoms with Gasteiger partial charge in [-0.25, -0.2) is 0 Å². The Morgan fingerprint density at radius 2 is 1.84 bits per heavy atom. The van der Waals surface area contributed by atoms with Gasteiger partial charge in [-0.1, -0.05) is 45.3 Å². The smallest absolute Gasteiger partial charge is 0.0622 e. The highest BCUT2D eigenvalue weighted by Gasteiger charge is 2.59. The molecule has 31 heavy (non-hydrogen) atoms. The fourth-order valence-electron chi connectivity index (χ4n) is 8.96. The summed E-state index contributed by atoms with van der Waals surface area (Å²) in [6.45, 7) is 12.4. The van der Waals surface area contributed by atoms with Crippen molar-refractivity contribution in [3.8, 4) is 0 Å². The van der Waals surface area contributed by atoms with Crippen molar-refractivity contribution in [2.75, 3.05) is 14.2 Å². The van der Waals surface area contributed by atoms with E-state index >= 15 is 0 Å². The number of methoxy groups -OCH3 is 2. The normalized spacial score (nSPS) is 43.6. The van der Waals surface area contributed by atoms with Crippen LogP contribution in [-0.4, -0.2) is 25.9 Å². The maximum Gasteiger partial charge on any atom is 0.0622 e. The molecule has 0 aliphatic heterocycles. The van der Waals surface area contributed by atoms with Crippen LogP contribution in [0.15, 0.2) is 11.6 Å². The van der Waals surface area contributed by atoms with Crippen molar-refractivity contribution in [2.45, 2.75) is 117 Å². The molecule has 8 unspecified atom stereocenters. The lowest BCUT2D eigenvalue weighted by molar-refractivity contribution is -0.0605. The zero-order valence-corrected chi connectivity index (χ0v) is 21.6. The third kappa shape index (κ3) is 4.18. The van der Waals surface area contributed by atoms with Gasteiger partial charge in [0.15, 0.2) is 0 Å². The van der Waals surface area contributed by atoms with Gasteiger partial charge in [-0.2, -0.15) is 0 Å². The number of rotatable bonds is 7. The van der Waals surface area contributed by atoms with Crippen molar-refractivity contribution in [2.24, 2.45) is 40.4 Å². The van der Waals surface area contributed by atoms with Gasteiger partial charge in [-0.05, 0) is 112 Å². The van der Waals surface area contributed by atoms with Crippen LogP contribution in [0.4, 0.5) is 0 Å². The number of hydrogen-bond acceptors (Lipinski definition) is 2. The van der Waals surface area contributed by atoms with Crippen molar-refractivity contribution in [1.82, 2.24) is 0 Å². The number of fused-ring (bicyclic) bond motifs is 5. The molecule has 3 fully saturated rings. The van der Waals surface area contributed by atoms with Gasteiger partial charge in [-0.15, -0.1) is 0 Å². The molecule has 0 amide bonds. The van der Waals surface area contributed by atoms with Crippen LogP contribution in [0.1, 0.15) is 105 Å². The summed E-state index contributed by atoms with van der Waals surface area (Å²) in [7, 11) is 3.76. The second kappa shape index (κ2) is 8.79. The SMILES string of the molecule is COC1CCC2(C)C(=CCC3C2CCC2(C)C(C(C)CCCC(C)(C)OC)CCC32)C1. The van der Waals surface area contributed by atoms with Crippen molar-refractivity contribution in [3.05, 3.63) is 11.6 Å². The molecule has 0 heterocycles. The average molecular weight is 431 g/mol. The van der Waals surface area contributed by atoms with Crippen LogP contribution in [0.5, 0.6) is 0 Å². The molecule has 8 atom stereocenters. The van der Waals surface area contributed by atoms with Gasteiger partial charge in [0.2, 0.25) is 0 Å². The molecule has 0 aromatic heterocycles. The van der Waals surface area contributed by atoms with Gasteiger partial charge in [0.25, 0.3) is 0 Å². The largest absolute Gasteiger partial charge is 0.381 e. The first kappa shape index (κ1) is 23.8. The molecule has 178 valence electrons. The van der Waals surface area contributed by atoms with Crippen LogP contribution >= 0.6 is 0 Å². The molecule has 0 aromatic rings. The first-order valence-corrected chi connectivity index (χ1v) is 13.4. The molecule has 2 heteroatoms. The summed E-state index contributed by atoms with van der Waals surface area (Å²) in [4.78, 5) is 0. The Morgan fingerprint density at radius 3 is 2.55 bits per heavy atom. The predicted octanol–water partition coefficient (Wildman–Crippen LogP) is 7.81. The van der Waals surface area contributed by atoms with E-state index in [9.17, 15) is 0 Å². The highest BCUT2D eigenvalue weighted by atomic mass is 16.5. The molecule has 4 aliphatic rings. The average Bonchev–Trinajstić information content (AvgIpc) is 3.10. The molecule has 4 rings (SSSR count). The van der Waals surface area contributed by atoms with Crippen LogP contribution in [-0.2, 0) is 9.47 Å². The Hall–Kier alpha value is -0.340. The van der Waals surface area contributed by atoms with E-state index in [0.29, 0.717) is 16.9 Å². The highest BCUT2D eigenvalue weighted by molar-refractivity contribution is 5.25. The van der Waals surface area contributed by atoms with Crippen LogP contribution in [0.2, 0.25) is 0 Å². The summed E-state index contributed by atoms with van der Waals surface area (Å²) in [6.07, 6.45) is 18.0. The molecule has 4 aliphatic carbocycles. The molecule has 0 spiro atoms. The summed E-state index contributed by atoms with van der Waals surface area (Å²) < 4.78 is 11.4. The molecular formula is C29H50O2. The number of allylic oxidation sites excluding steroid dienone is 1. The van der Waals surface area contributed by atoms with Crippen LogP contribution in [0, 0.1) is 40.4 Å². The Kier molecular flexibility index (Phi) is 6.75. The zero-order valence-electron chi connectivity index (χ0n) is 21.6. The summed E-state index contributed by atoms with van der Waals surface area (Å²) in [5.74, 6) is 4.56. The van der Waals surface area contributed by atoms with E-state index in [0.717, 1.165) is 29.6 Å². The quantitative estimate of drug-likeness (QED) is 0.383. The highest BCUT2D eigenvalue weighted by Crippen LogP contribution is 2.67. The monoisotopic (exact) mass is 430 g/mol. The van der Waals surface area contributed by atoms with E-state index in [1.807, 2.05) is 14.2 Å². The third-order valence-corrected chi connectivity index (χ3v) is 11.1. The maximum absolute atomic E-state index is 5.76. The minimum Gasteiger partial charge on any atom is -0.381 e. The summed E-state index contributed by atoms with van der Waals surface area (Å²) in [5, 5.41) is 0. The number of ether oxygens (including phenoxy) is 2. The molecule has 0 saturated heterocycles. The van der Waals surface area contributed by atoms with E-state index < -0.39 is 0 Å². The second-order valence-corrected chi connectivity index (χ2v) is 12.9. The maximum atomic E-state index is 5.76. The first-order chi connectivity index (χ1) is 14.6. The van der Waals surface area contributed by atoms with Gasteiger partial charge in [0, 0.05) is 14.2 Å². The van der Waals surface area contributed by atoms with E-state index in [1.54, 1.807) is 5.57 Å². The van der Waals surface area contributed by atoms with Crippen LogP contribution in [0.3, 0.4) is 0 Å². The summed E-state index contributed by atoms with van der Waals surface area (Å²) in [5.41, 5.74) is 2.81. The Morgan fingerprint density at radius 1 is 1.06 bits per heavy atom. The lowest BCUT2D eigenvalue weighted by Crippen LogP contribution is -2.50. The van der Waals surface area contributed by atoms with Crippen LogP contribution in [0.25, 0.3) is 0 Å². The predicted molar refractivity (Wildman–Crippen MR) is 130 cm³/mol. The van der Waals surface area contributed by atoms with E-state index in [2.05, 4.69) is 40.7 Å². The molecule has 0 N–H and O–H groups in total. The standard InChI is InChI=1S/C29H50O2/c1-20(9-8-16-27(2,3)31-7)24-12-13-25-23-11-10-21-19-22(30-6)14-17-28(21,4)26(23)15-18-29(24,25)5/h10,20,22-26H,8-9,11-19H2,1-7H3. The number of hydrogen-bond donors (Lipinski definition) is 0. The second-order valence-electron chi connectivity index (χ2n) is 12.9. The minimum absolute atomic E-state index is 0.0310. The van der Waals surface area contributed by atoms with Crippen LogP contribution < -0.4 is 0 Å². The fourth-order valence-corrected chi connectivity index (χ4v) is 8.96. The summed E-state index contributed by atoms with van der Waals surface area (Å²) >= 11 is 0. The molecule has 3 saturated carbocycles. The van der Waals surface area contributed by atoms with Crippen molar-refractivity contribution >= 4 is 0 Å². The lowest BCUT2D eigenvalue weighted by atomic mass is 9.47. The molecule has 2 nitrogen and oxygen atoms in total. The van der Waals surface area contributed by atoms with Gasteiger partial charge in [-0.3, -0.25) is 0 Å². The third-order valence-electron chi connectivity index (χ3n) is 11.1. The van der Waals surface area contributed by atoms with Crippen molar-refractivity contribution < 1.29 is 9.47 Å². The summed E-state index contributed by atoms with van der Waals surface area (Å²) in [6, 6.07) is 0. The van der Waals surface area contributed by atoms with E-state index in [1.165, 1.54) is 70.6 Å². The lowest BCUT2D eigenvalue weighted by Gasteiger charge is -2.58. The van der Waals surface area contributed by atoms with Crippen molar-refractivity contribution in [3.63, 3.8) is 0 Å². The zero-order chi connectivity index (χ0) is 22.4. The fraction of sp³-hybridized carbons (Fsp3) is 0.931. The van der Waals surface area contributed by atoms with Gasteiger partial charge in [0.1, 0.15) is 0 Å². The first-order valence-electron chi connectivity index (χ1n) is 13.4. The van der Waals surface area contributed by atoms with Gasteiger partial charge in [0.05, 0.1) is 11.7 Å². The van der Waals surface area contributed by atoms with E-state index in [-0.39, 0.29) is 5.60 Å². The Labute approximate surface area is 192 Å². The molecule has 0 aromatic carbocycles. The van der Waals surface area contributed by atoms with Crippen molar-refractivity contribution in [1.29, 1.82) is 0 Å². The topological polar surface area (TPSA) is 18.5 Å². The van der Waals surface area contributed by atoms with Gasteiger partial charge < -0.3 is 9.47 Å². The minimum atomic E-state index is 0.0310. The molecular weight excluding hydrogens is 380 g/mol. The Balaban J connectivity index is 1.44. The molecule has 0 bridgehead atoms. The Bertz CT molecular complexity index is 666. The van der Waals surface area contributed by atoms with Gasteiger partial charge >= 0.3 is 0 Å². The van der Waals surface area contributed by atoms with E-state index in [4.69, 9.17) is 9.47 Å².